The van der Waals surface area contributed by atoms with Crippen molar-refractivity contribution in [1.29, 1.82) is 0 Å². The fraction of sp³-hybridized carbons (Fsp3) is 0.455. The van der Waals surface area contributed by atoms with Crippen LogP contribution >= 0.6 is 0 Å². The van der Waals surface area contributed by atoms with Gasteiger partial charge in [-0.15, -0.1) is 0 Å². The number of ether oxygens (including phenoxy) is 2. The molecule has 0 unspecified atom stereocenters. The number of amides is 1. The third-order valence-electron chi connectivity index (χ3n) is 4.68. The van der Waals surface area contributed by atoms with Crippen LogP contribution in [0.4, 0.5) is 9.18 Å². The highest BCUT2D eigenvalue weighted by molar-refractivity contribution is 5.68. The molecule has 2 heterocycles. The summed E-state index contributed by atoms with van der Waals surface area (Å²) in [5, 5.41) is 0. The Hall–Kier alpha value is -2.63. The monoisotopic (exact) mass is 386 g/mol. The standard InChI is InChI=1S/C22H27FN2O3/c1-15-7-8-19(18(23)14-15)27-20-17(6-5-11-24-20)16-9-12-25(13-10-16)21(26)28-22(2,3)4/h5-8,11,14,16H,9-10,12-13H2,1-4H3. The van der Waals surface area contributed by atoms with Crippen LogP contribution in [0, 0.1) is 12.7 Å². The molecular weight excluding hydrogens is 359 g/mol. The maximum absolute atomic E-state index is 14.2. The third kappa shape index (κ3) is 5.00. The Morgan fingerprint density at radius 1 is 1.21 bits per heavy atom. The van der Waals surface area contributed by atoms with Gasteiger partial charge < -0.3 is 14.4 Å². The molecule has 2 aromatic rings. The summed E-state index contributed by atoms with van der Waals surface area (Å²) >= 11 is 0. The second-order valence-electron chi connectivity index (χ2n) is 8.18. The molecule has 1 fully saturated rings. The van der Waals surface area contributed by atoms with Gasteiger partial charge in [0.1, 0.15) is 5.60 Å². The van der Waals surface area contributed by atoms with Gasteiger partial charge >= 0.3 is 6.09 Å². The van der Waals surface area contributed by atoms with Crippen LogP contribution in [0.2, 0.25) is 0 Å². The molecule has 0 atom stereocenters. The Morgan fingerprint density at radius 2 is 1.93 bits per heavy atom. The molecule has 5 nitrogen and oxygen atoms in total. The first-order chi connectivity index (χ1) is 13.2. The van der Waals surface area contributed by atoms with Gasteiger partial charge in [0.25, 0.3) is 0 Å². The molecule has 3 rings (SSSR count). The predicted octanol–water partition coefficient (Wildman–Crippen LogP) is 5.44. The molecule has 1 aliphatic heterocycles. The number of hydrogen-bond acceptors (Lipinski definition) is 4. The lowest BCUT2D eigenvalue weighted by Gasteiger charge is -2.33. The number of nitrogens with zero attached hydrogens (tertiary/aromatic N) is 2. The van der Waals surface area contributed by atoms with Gasteiger partial charge in [0.15, 0.2) is 11.6 Å². The molecule has 0 bridgehead atoms. The van der Waals surface area contributed by atoms with Gasteiger partial charge in [-0.3, -0.25) is 0 Å². The van der Waals surface area contributed by atoms with Crippen molar-refractivity contribution in [2.45, 2.75) is 52.1 Å². The van der Waals surface area contributed by atoms with Crippen LogP contribution in [0.15, 0.2) is 36.5 Å². The van der Waals surface area contributed by atoms with E-state index in [1.54, 1.807) is 23.2 Å². The Balaban J connectivity index is 1.69. The molecule has 1 aromatic heterocycles. The highest BCUT2D eigenvalue weighted by Gasteiger charge is 2.29. The molecule has 28 heavy (non-hydrogen) atoms. The van der Waals surface area contributed by atoms with E-state index in [0.717, 1.165) is 24.0 Å². The van der Waals surface area contributed by atoms with Crippen LogP contribution in [-0.4, -0.2) is 34.7 Å². The van der Waals surface area contributed by atoms with Gasteiger partial charge in [0, 0.05) is 24.8 Å². The molecule has 1 saturated heterocycles. The minimum Gasteiger partial charge on any atom is -0.444 e. The van der Waals surface area contributed by atoms with E-state index in [9.17, 15) is 9.18 Å². The van der Waals surface area contributed by atoms with Crippen molar-refractivity contribution < 1.29 is 18.7 Å². The maximum Gasteiger partial charge on any atom is 0.410 e. The lowest BCUT2D eigenvalue weighted by molar-refractivity contribution is 0.0204. The summed E-state index contributed by atoms with van der Waals surface area (Å²) in [6.45, 7) is 8.63. The highest BCUT2D eigenvalue weighted by atomic mass is 19.1. The fourth-order valence-corrected chi connectivity index (χ4v) is 3.29. The van der Waals surface area contributed by atoms with E-state index in [4.69, 9.17) is 9.47 Å². The first-order valence-corrected chi connectivity index (χ1v) is 9.60. The zero-order valence-corrected chi connectivity index (χ0v) is 16.9. The lowest BCUT2D eigenvalue weighted by Crippen LogP contribution is -2.41. The van der Waals surface area contributed by atoms with Crippen molar-refractivity contribution in [3.63, 3.8) is 0 Å². The number of halogens is 1. The first kappa shape index (κ1) is 20.1. The predicted molar refractivity (Wildman–Crippen MR) is 105 cm³/mol. The molecule has 1 aromatic carbocycles. The van der Waals surface area contributed by atoms with Crippen LogP contribution in [0.5, 0.6) is 11.6 Å². The van der Waals surface area contributed by atoms with Crippen LogP contribution in [-0.2, 0) is 4.74 Å². The SMILES string of the molecule is Cc1ccc(Oc2ncccc2C2CCN(C(=O)OC(C)(C)C)CC2)c(F)c1. The average Bonchev–Trinajstić information content (AvgIpc) is 2.63. The molecule has 150 valence electrons. The minimum absolute atomic E-state index is 0.164. The minimum atomic E-state index is -0.504. The normalized spacial score (nSPS) is 15.4. The molecule has 0 spiro atoms. The topological polar surface area (TPSA) is 51.7 Å². The number of carbonyl (C=O) groups is 1. The van der Waals surface area contributed by atoms with Crippen LogP contribution in [0.25, 0.3) is 0 Å². The molecule has 1 amide bonds. The number of carbonyl (C=O) groups excluding carboxylic acids is 1. The summed E-state index contributed by atoms with van der Waals surface area (Å²) < 4.78 is 25.4. The number of aryl methyl sites for hydroxylation is 1. The number of benzene rings is 1. The zero-order chi connectivity index (χ0) is 20.3. The zero-order valence-electron chi connectivity index (χ0n) is 16.9. The molecule has 1 aliphatic rings. The van der Waals surface area contributed by atoms with E-state index in [-0.39, 0.29) is 17.8 Å². The van der Waals surface area contributed by atoms with E-state index >= 15 is 0 Å². The van der Waals surface area contributed by atoms with Gasteiger partial charge in [0.2, 0.25) is 5.88 Å². The van der Waals surface area contributed by atoms with Gasteiger partial charge in [-0.05, 0) is 70.2 Å². The number of likely N-dealkylation sites (tertiary alicyclic amines) is 1. The summed E-state index contributed by atoms with van der Waals surface area (Å²) in [7, 11) is 0. The fourth-order valence-electron chi connectivity index (χ4n) is 3.29. The van der Waals surface area contributed by atoms with Crippen LogP contribution < -0.4 is 4.74 Å². The van der Waals surface area contributed by atoms with Crippen molar-refractivity contribution in [3.05, 3.63) is 53.5 Å². The Labute approximate surface area is 165 Å². The number of piperidine rings is 1. The second kappa shape index (κ2) is 8.17. The number of aromatic nitrogens is 1. The highest BCUT2D eigenvalue weighted by Crippen LogP contribution is 2.35. The van der Waals surface area contributed by atoms with Gasteiger partial charge in [-0.1, -0.05) is 12.1 Å². The van der Waals surface area contributed by atoms with Gasteiger partial charge in [0.05, 0.1) is 0 Å². The number of hydrogen-bond donors (Lipinski definition) is 0. The van der Waals surface area contributed by atoms with Crippen molar-refractivity contribution in [2.24, 2.45) is 0 Å². The Bertz CT molecular complexity index is 840. The molecule has 0 saturated carbocycles. The Morgan fingerprint density at radius 3 is 2.57 bits per heavy atom. The Kier molecular flexibility index (Phi) is 5.87. The largest absolute Gasteiger partial charge is 0.444 e. The van der Waals surface area contributed by atoms with E-state index in [1.165, 1.54) is 6.07 Å². The van der Waals surface area contributed by atoms with Crippen molar-refractivity contribution in [3.8, 4) is 11.6 Å². The second-order valence-corrected chi connectivity index (χ2v) is 8.18. The first-order valence-electron chi connectivity index (χ1n) is 9.60. The van der Waals surface area contributed by atoms with Gasteiger partial charge in [-0.25, -0.2) is 14.2 Å². The number of pyridine rings is 1. The van der Waals surface area contributed by atoms with E-state index in [0.29, 0.717) is 19.0 Å². The van der Waals surface area contributed by atoms with Crippen LogP contribution in [0.3, 0.4) is 0 Å². The molecule has 0 N–H and O–H groups in total. The maximum atomic E-state index is 14.2. The summed E-state index contributed by atoms with van der Waals surface area (Å²) in [5.41, 5.74) is 1.27. The van der Waals surface area contributed by atoms with E-state index in [2.05, 4.69) is 4.98 Å². The van der Waals surface area contributed by atoms with Crippen molar-refractivity contribution in [1.82, 2.24) is 9.88 Å². The number of rotatable bonds is 3. The van der Waals surface area contributed by atoms with Crippen LogP contribution in [0.1, 0.15) is 50.7 Å². The van der Waals surface area contributed by atoms with E-state index in [1.807, 2.05) is 39.8 Å². The van der Waals surface area contributed by atoms with E-state index < -0.39 is 11.4 Å². The summed E-state index contributed by atoms with van der Waals surface area (Å²) in [5.74, 6) is 0.366. The molecule has 0 radical (unpaired) electrons. The summed E-state index contributed by atoms with van der Waals surface area (Å²) in [4.78, 5) is 18.3. The molecular formula is C22H27FN2O3. The summed E-state index contributed by atoms with van der Waals surface area (Å²) in [6.07, 6.45) is 2.91. The molecule has 6 heteroatoms. The quantitative estimate of drug-likeness (QED) is 0.705. The average molecular weight is 386 g/mol. The van der Waals surface area contributed by atoms with Crippen molar-refractivity contribution >= 4 is 6.09 Å². The smallest absolute Gasteiger partial charge is 0.410 e. The third-order valence-corrected chi connectivity index (χ3v) is 4.68. The summed E-state index contributed by atoms with van der Waals surface area (Å²) in [6, 6.07) is 8.68. The molecule has 0 aliphatic carbocycles. The van der Waals surface area contributed by atoms with Gasteiger partial charge in [-0.2, -0.15) is 0 Å². The lowest BCUT2D eigenvalue weighted by atomic mass is 9.90. The van der Waals surface area contributed by atoms with Crippen molar-refractivity contribution in [2.75, 3.05) is 13.1 Å².